The molecule has 0 aromatic rings. The van der Waals surface area contributed by atoms with Crippen LogP contribution in [-0.2, 0) is 9.47 Å². The van der Waals surface area contributed by atoms with Gasteiger partial charge in [-0.05, 0) is 46.1 Å². The van der Waals surface area contributed by atoms with Gasteiger partial charge in [-0.25, -0.2) is 0 Å². The Balaban J connectivity index is 2.20. The first-order valence-corrected chi connectivity index (χ1v) is 7.21. The van der Waals surface area contributed by atoms with E-state index in [9.17, 15) is 5.11 Å². The lowest BCUT2D eigenvalue weighted by molar-refractivity contribution is -0.0176. The van der Waals surface area contributed by atoms with Gasteiger partial charge in [0, 0.05) is 19.7 Å². The number of rotatable bonds is 8. The predicted molar refractivity (Wildman–Crippen MR) is 72.8 cm³/mol. The highest BCUT2D eigenvalue weighted by Gasteiger charge is 2.21. The second kappa shape index (κ2) is 8.86. The quantitative estimate of drug-likeness (QED) is 0.717. The van der Waals surface area contributed by atoms with E-state index in [-0.39, 0.29) is 12.2 Å². The van der Waals surface area contributed by atoms with E-state index in [1.54, 1.807) is 0 Å². The zero-order valence-corrected chi connectivity index (χ0v) is 12.1. The summed E-state index contributed by atoms with van der Waals surface area (Å²) in [7, 11) is 0. The Bertz CT molecular complexity index is 211. The predicted octanol–water partition coefficient (Wildman–Crippen LogP) is 1.52. The Kier molecular flexibility index (Phi) is 7.82. The highest BCUT2D eigenvalue weighted by molar-refractivity contribution is 4.75. The highest BCUT2D eigenvalue weighted by atomic mass is 16.5. The molecule has 2 unspecified atom stereocenters. The van der Waals surface area contributed by atoms with Gasteiger partial charge in [0.2, 0.25) is 0 Å². The molecule has 4 heteroatoms. The van der Waals surface area contributed by atoms with Crippen molar-refractivity contribution < 1.29 is 14.6 Å². The Labute approximate surface area is 111 Å². The molecule has 1 fully saturated rings. The molecule has 0 bridgehead atoms. The minimum atomic E-state index is -0.377. The third-order valence-electron chi connectivity index (χ3n) is 3.25. The van der Waals surface area contributed by atoms with Gasteiger partial charge in [0.05, 0.1) is 25.4 Å². The minimum Gasteiger partial charge on any atom is -0.389 e. The monoisotopic (exact) mass is 259 g/mol. The molecule has 1 rings (SSSR count). The largest absolute Gasteiger partial charge is 0.389 e. The van der Waals surface area contributed by atoms with Crippen molar-refractivity contribution in [3.8, 4) is 0 Å². The molecule has 108 valence electrons. The average molecular weight is 259 g/mol. The molecule has 4 nitrogen and oxygen atoms in total. The van der Waals surface area contributed by atoms with Gasteiger partial charge in [0.1, 0.15) is 0 Å². The first-order valence-electron chi connectivity index (χ1n) is 7.21. The third kappa shape index (κ3) is 6.69. The van der Waals surface area contributed by atoms with E-state index in [0.29, 0.717) is 12.5 Å². The van der Waals surface area contributed by atoms with Crippen LogP contribution < -0.4 is 0 Å². The van der Waals surface area contributed by atoms with Gasteiger partial charge in [-0.15, -0.1) is 0 Å². The Morgan fingerprint density at radius 3 is 2.83 bits per heavy atom. The zero-order valence-electron chi connectivity index (χ0n) is 12.1. The summed E-state index contributed by atoms with van der Waals surface area (Å²) in [4.78, 5) is 2.33. The molecule has 1 aliphatic heterocycles. The fourth-order valence-corrected chi connectivity index (χ4v) is 2.39. The van der Waals surface area contributed by atoms with Crippen molar-refractivity contribution in [2.24, 2.45) is 5.92 Å². The molecule has 0 aromatic heterocycles. The van der Waals surface area contributed by atoms with E-state index in [1.165, 1.54) is 12.8 Å². The van der Waals surface area contributed by atoms with E-state index in [0.717, 1.165) is 32.8 Å². The van der Waals surface area contributed by atoms with Crippen LogP contribution in [0.4, 0.5) is 0 Å². The molecule has 18 heavy (non-hydrogen) atoms. The number of ether oxygens (including phenoxy) is 2. The summed E-state index contributed by atoms with van der Waals surface area (Å²) in [5.74, 6) is 0.622. The van der Waals surface area contributed by atoms with Gasteiger partial charge in [0.15, 0.2) is 0 Å². The molecule has 0 aromatic carbocycles. The summed E-state index contributed by atoms with van der Waals surface area (Å²) in [6.45, 7) is 10.9. The Morgan fingerprint density at radius 1 is 1.39 bits per heavy atom. The molecule has 2 atom stereocenters. The van der Waals surface area contributed by atoms with E-state index in [4.69, 9.17) is 9.47 Å². The zero-order chi connectivity index (χ0) is 13.4. The van der Waals surface area contributed by atoms with Crippen LogP contribution in [0.1, 0.15) is 33.6 Å². The number of aliphatic hydroxyl groups is 1. The number of nitrogens with zero attached hydrogens (tertiary/aromatic N) is 1. The molecule has 1 saturated heterocycles. The molecule has 0 amide bonds. The van der Waals surface area contributed by atoms with E-state index in [2.05, 4.69) is 4.90 Å². The maximum atomic E-state index is 9.91. The van der Waals surface area contributed by atoms with Crippen molar-refractivity contribution in [1.82, 2.24) is 4.90 Å². The molecule has 0 saturated carbocycles. The average Bonchev–Trinajstić information content (AvgIpc) is 2.34. The number of aliphatic hydroxyl groups excluding tert-OH is 1. The van der Waals surface area contributed by atoms with Crippen LogP contribution in [-0.4, -0.2) is 61.7 Å². The van der Waals surface area contributed by atoms with E-state index >= 15 is 0 Å². The lowest BCUT2D eigenvalue weighted by Gasteiger charge is -2.33. The Morgan fingerprint density at radius 2 is 2.17 bits per heavy atom. The van der Waals surface area contributed by atoms with E-state index in [1.807, 2.05) is 20.8 Å². The maximum Gasteiger partial charge on any atom is 0.0900 e. The SMILES string of the molecule is CCOCC1CCCN(CC(O)COC(C)C)C1. The maximum absolute atomic E-state index is 9.91. The summed E-state index contributed by atoms with van der Waals surface area (Å²) in [5, 5.41) is 9.91. The second-order valence-corrected chi connectivity index (χ2v) is 5.46. The van der Waals surface area contributed by atoms with Gasteiger partial charge < -0.3 is 19.5 Å². The lowest BCUT2D eigenvalue weighted by Crippen LogP contribution is -2.42. The fourth-order valence-electron chi connectivity index (χ4n) is 2.39. The lowest BCUT2D eigenvalue weighted by atomic mass is 9.99. The summed E-state index contributed by atoms with van der Waals surface area (Å²) in [6, 6.07) is 0. The van der Waals surface area contributed by atoms with Crippen LogP contribution in [0.2, 0.25) is 0 Å². The number of β-amino-alcohol motifs (C(OH)–C–C–N with tert-alkyl or cyclic N) is 1. The van der Waals surface area contributed by atoms with Crippen molar-refractivity contribution in [1.29, 1.82) is 0 Å². The number of hydrogen-bond acceptors (Lipinski definition) is 4. The van der Waals surface area contributed by atoms with Crippen LogP contribution in [0.3, 0.4) is 0 Å². The van der Waals surface area contributed by atoms with Crippen molar-refractivity contribution >= 4 is 0 Å². The van der Waals surface area contributed by atoms with Gasteiger partial charge in [-0.1, -0.05) is 0 Å². The standard InChI is InChI=1S/C14H29NO3/c1-4-17-10-13-6-5-7-15(8-13)9-14(16)11-18-12(2)3/h12-14,16H,4-11H2,1-3H3. The summed E-state index contributed by atoms with van der Waals surface area (Å²) < 4.78 is 10.9. The van der Waals surface area contributed by atoms with Crippen molar-refractivity contribution in [2.45, 2.75) is 45.8 Å². The Hall–Kier alpha value is -0.160. The molecule has 0 aliphatic carbocycles. The third-order valence-corrected chi connectivity index (χ3v) is 3.25. The topological polar surface area (TPSA) is 41.9 Å². The summed E-state index contributed by atoms with van der Waals surface area (Å²) >= 11 is 0. The van der Waals surface area contributed by atoms with Gasteiger partial charge in [-0.3, -0.25) is 0 Å². The number of hydrogen-bond donors (Lipinski definition) is 1. The van der Waals surface area contributed by atoms with Crippen molar-refractivity contribution in [2.75, 3.05) is 39.5 Å². The molecule has 0 spiro atoms. The van der Waals surface area contributed by atoms with Gasteiger partial charge in [0.25, 0.3) is 0 Å². The molecule has 1 heterocycles. The van der Waals surface area contributed by atoms with Crippen LogP contribution in [0.15, 0.2) is 0 Å². The molecular weight excluding hydrogens is 230 g/mol. The molecule has 1 N–H and O–H groups in total. The molecule has 0 radical (unpaired) electrons. The number of likely N-dealkylation sites (tertiary alicyclic amines) is 1. The van der Waals surface area contributed by atoms with Crippen LogP contribution in [0, 0.1) is 5.92 Å². The smallest absolute Gasteiger partial charge is 0.0900 e. The second-order valence-electron chi connectivity index (χ2n) is 5.46. The van der Waals surface area contributed by atoms with Crippen molar-refractivity contribution in [3.05, 3.63) is 0 Å². The first-order chi connectivity index (χ1) is 8.61. The first kappa shape index (κ1) is 15.9. The van der Waals surface area contributed by atoms with Crippen LogP contribution in [0.25, 0.3) is 0 Å². The van der Waals surface area contributed by atoms with E-state index < -0.39 is 0 Å². The van der Waals surface area contributed by atoms with Crippen LogP contribution >= 0.6 is 0 Å². The summed E-state index contributed by atoms with van der Waals surface area (Å²) in [5.41, 5.74) is 0. The summed E-state index contributed by atoms with van der Waals surface area (Å²) in [6.07, 6.45) is 2.26. The molecular formula is C14H29NO3. The normalized spacial score (nSPS) is 23.5. The number of piperidine rings is 1. The highest BCUT2D eigenvalue weighted by Crippen LogP contribution is 2.17. The minimum absolute atomic E-state index is 0.187. The van der Waals surface area contributed by atoms with Gasteiger partial charge >= 0.3 is 0 Å². The van der Waals surface area contributed by atoms with Crippen LogP contribution in [0.5, 0.6) is 0 Å². The molecule has 1 aliphatic rings. The fraction of sp³-hybridized carbons (Fsp3) is 1.00. The van der Waals surface area contributed by atoms with Crippen molar-refractivity contribution in [3.63, 3.8) is 0 Å². The van der Waals surface area contributed by atoms with Gasteiger partial charge in [-0.2, -0.15) is 0 Å².